The lowest BCUT2D eigenvalue weighted by Crippen LogP contribution is -2.19. The summed E-state index contributed by atoms with van der Waals surface area (Å²) in [5.41, 5.74) is 1.29. The first-order chi connectivity index (χ1) is 9.99. The molecule has 3 nitrogen and oxygen atoms in total. The smallest absolute Gasteiger partial charge is 0.335 e. The number of halogens is 2. The van der Waals surface area contributed by atoms with Crippen LogP contribution >= 0.6 is 11.6 Å². The van der Waals surface area contributed by atoms with Gasteiger partial charge in [0.1, 0.15) is 5.82 Å². The van der Waals surface area contributed by atoms with Crippen LogP contribution in [0.25, 0.3) is 0 Å². The Kier molecular flexibility index (Phi) is 4.94. The quantitative estimate of drug-likeness (QED) is 0.877. The molecular weight excluding hydrogens is 293 g/mol. The zero-order chi connectivity index (χ0) is 15.4. The van der Waals surface area contributed by atoms with Crippen LogP contribution in [0.15, 0.2) is 42.5 Å². The van der Waals surface area contributed by atoms with Crippen LogP contribution in [-0.4, -0.2) is 11.1 Å². The van der Waals surface area contributed by atoms with Crippen molar-refractivity contribution in [2.75, 3.05) is 0 Å². The maximum atomic E-state index is 13.7. The summed E-state index contributed by atoms with van der Waals surface area (Å²) in [6.07, 6.45) is 0. The van der Waals surface area contributed by atoms with E-state index in [0.717, 1.165) is 5.56 Å². The van der Waals surface area contributed by atoms with Crippen molar-refractivity contribution < 1.29 is 14.3 Å². The molecule has 2 aromatic carbocycles. The lowest BCUT2D eigenvalue weighted by molar-refractivity contribution is 0.0696. The number of carboxylic acids is 1. The van der Waals surface area contributed by atoms with Crippen molar-refractivity contribution in [3.63, 3.8) is 0 Å². The maximum absolute atomic E-state index is 13.7. The summed E-state index contributed by atoms with van der Waals surface area (Å²) in [5, 5.41) is 12.7. The fourth-order valence-corrected chi connectivity index (χ4v) is 2.34. The van der Waals surface area contributed by atoms with Crippen molar-refractivity contribution in [1.82, 2.24) is 5.32 Å². The maximum Gasteiger partial charge on any atom is 0.335 e. The molecule has 0 heterocycles. The van der Waals surface area contributed by atoms with Gasteiger partial charge in [0.2, 0.25) is 0 Å². The van der Waals surface area contributed by atoms with E-state index in [1.54, 1.807) is 6.07 Å². The fraction of sp³-hybridized carbons (Fsp3) is 0.188. The van der Waals surface area contributed by atoms with E-state index in [2.05, 4.69) is 5.32 Å². The predicted molar refractivity (Wildman–Crippen MR) is 80.1 cm³/mol. The van der Waals surface area contributed by atoms with Crippen molar-refractivity contribution in [3.05, 3.63) is 70.0 Å². The molecule has 110 valence electrons. The molecular formula is C16H15ClFNO2. The van der Waals surface area contributed by atoms with Crippen LogP contribution < -0.4 is 5.32 Å². The van der Waals surface area contributed by atoms with Crippen molar-refractivity contribution >= 4 is 17.6 Å². The molecule has 0 saturated heterocycles. The standard InChI is InChI=1S/C16H15ClFNO2/c1-10(13-4-2-3-5-14(13)17)19-9-12-8-11(16(20)21)6-7-15(12)18/h2-8,10,19H,9H2,1H3,(H,20,21)/t10-/m1/s1. The van der Waals surface area contributed by atoms with Gasteiger partial charge < -0.3 is 10.4 Å². The van der Waals surface area contributed by atoms with Gasteiger partial charge in [-0.15, -0.1) is 0 Å². The molecule has 0 radical (unpaired) electrons. The largest absolute Gasteiger partial charge is 0.478 e. The van der Waals surface area contributed by atoms with Crippen LogP contribution in [0, 0.1) is 5.82 Å². The average molecular weight is 308 g/mol. The van der Waals surface area contributed by atoms with Gasteiger partial charge in [0.05, 0.1) is 5.56 Å². The van der Waals surface area contributed by atoms with E-state index in [4.69, 9.17) is 16.7 Å². The van der Waals surface area contributed by atoms with Crippen LogP contribution in [0.5, 0.6) is 0 Å². The summed E-state index contributed by atoms with van der Waals surface area (Å²) in [7, 11) is 0. The van der Waals surface area contributed by atoms with Gasteiger partial charge >= 0.3 is 5.97 Å². The van der Waals surface area contributed by atoms with E-state index in [1.807, 2.05) is 25.1 Å². The first-order valence-electron chi connectivity index (χ1n) is 6.48. The number of rotatable bonds is 5. The Morgan fingerprint density at radius 3 is 2.71 bits per heavy atom. The summed E-state index contributed by atoms with van der Waals surface area (Å²) in [4.78, 5) is 10.9. The van der Waals surface area contributed by atoms with E-state index in [0.29, 0.717) is 10.6 Å². The van der Waals surface area contributed by atoms with Gasteiger partial charge in [-0.25, -0.2) is 9.18 Å². The second kappa shape index (κ2) is 6.70. The van der Waals surface area contributed by atoms with Crippen molar-refractivity contribution in [3.8, 4) is 0 Å². The number of hydrogen-bond acceptors (Lipinski definition) is 2. The highest BCUT2D eigenvalue weighted by Crippen LogP contribution is 2.22. The molecule has 0 aliphatic carbocycles. The van der Waals surface area contributed by atoms with E-state index in [9.17, 15) is 9.18 Å². The number of carboxylic acid groups (broad SMARTS) is 1. The third-order valence-corrected chi connectivity index (χ3v) is 3.61. The molecule has 0 saturated carbocycles. The second-order valence-corrected chi connectivity index (χ2v) is 5.14. The molecule has 0 bridgehead atoms. The Labute approximate surface area is 127 Å². The first-order valence-corrected chi connectivity index (χ1v) is 6.86. The summed E-state index contributed by atoms with van der Waals surface area (Å²) in [6, 6.07) is 11.1. The van der Waals surface area contributed by atoms with E-state index < -0.39 is 11.8 Å². The third kappa shape index (κ3) is 3.80. The molecule has 2 N–H and O–H groups in total. The summed E-state index contributed by atoms with van der Waals surface area (Å²) in [6.45, 7) is 2.14. The van der Waals surface area contributed by atoms with Crippen molar-refractivity contribution in [1.29, 1.82) is 0 Å². The Morgan fingerprint density at radius 1 is 1.33 bits per heavy atom. The minimum absolute atomic E-state index is 0.0681. The minimum Gasteiger partial charge on any atom is -0.478 e. The first kappa shape index (κ1) is 15.5. The molecule has 2 aromatic rings. The number of hydrogen-bond donors (Lipinski definition) is 2. The Morgan fingerprint density at radius 2 is 2.05 bits per heavy atom. The molecule has 0 amide bonds. The molecule has 21 heavy (non-hydrogen) atoms. The van der Waals surface area contributed by atoms with Crippen molar-refractivity contribution in [2.45, 2.75) is 19.5 Å². The highest BCUT2D eigenvalue weighted by molar-refractivity contribution is 6.31. The van der Waals surface area contributed by atoms with Crippen LogP contribution in [-0.2, 0) is 6.54 Å². The number of benzene rings is 2. The minimum atomic E-state index is -1.07. The molecule has 0 aromatic heterocycles. The van der Waals surface area contributed by atoms with Crippen LogP contribution in [0.1, 0.15) is 34.5 Å². The van der Waals surface area contributed by atoms with E-state index >= 15 is 0 Å². The van der Waals surface area contributed by atoms with Gasteiger partial charge in [0, 0.05) is 23.2 Å². The molecule has 0 unspecified atom stereocenters. The van der Waals surface area contributed by atoms with Gasteiger partial charge in [-0.3, -0.25) is 0 Å². The topological polar surface area (TPSA) is 49.3 Å². The van der Waals surface area contributed by atoms with Gasteiger partial charge in [0.15, 0.2) is 0 Å². The number of carbonyl (C=O) groups is 1. The molecule has 2 rings (SSSR count). The molecule has 0 fully saturated rings. The summed E-state index contributed by atoms with van der Waals surface area (Å²) in [5.74, 6) is -1.51. The monoisotopic (exact) mass is 307 g/mol. The zero-order valence-electron chi connectivity index (χ0n) is 11.4. The highest BCUT2D eigenvalue weighted by atomic mass is 35.5. The zero-order valence-corrected chi connectivity index (χ0v) is 12.2. The van der Waals surface area contributed by atoms with Crippen LogP contribution in [0.3, 0.4) is 0 Å². The van der Waals surface area contributed by atoms with Gasteiger partial charge in [-0.2, -0.15) is 0 Å². The van der Waals surface area contributed by atoms with E-state index in [-0.39, 0.29) is 18.2 Å². The lowest BCUT2D eigenvalue weighted by atomic mass is 10.1. The molecule has 0 spiro atoms. The van der Waals surface area contributed by atoms with Gasteiger partial charge in [-0.05, 0) is 36.8 Å². The Balaban J connectivity index is 2.11. The lowest BCUT2D eigenvalue weighted by Gasteiger charge is -2.16. The predicted octanol–water partition coefficient (Wildman–Crippen LogP) is 4.03. The number of nitrogens with one attached hydrogen (secondary N) is 1. The van der Waals surface area contributed by atoms with Gasteiger partial charge in [0.25, 0.3) is 0 Å². The highest BCUT2D eigenvalue weighted by Gasteiger charge is 2.12. The van der Waals surface area contributed by atoms with Gasteiger partial charge in [-0.1, -0.05) is 29.8 Å². The molecule has 0 aliphatic heterocycles. The second-order valence-electron chi connectivity index (χ2n) is 4.74. The van der Waals surface area contributed by atoms with Crippen molar-refractivity contribution in [2.24, 2.45) is 0 Å². The van der Waals surface area contributed by atoms with Crippen LogP contribution in [0.2, 0.25) is 5.02 Å². The molecule has 5 heteroatoms. The Bertz CT molecular complexity index is 660. The van der Waals surface area contributed by atoms with E-state index in [1.165, 1.54) is 18.2 Å². The Hall–Kier alpha value is -1.91. The SMILES string of the molecule is C[C@@H](NCc1cc(C(=O)O)ccc1F)c1ccccc1Cl. The summed E-state index contributed by atoms with van der Waals surface area (Å²) >= 11 is 6.11. The third-order valence-electron chi connectivity index (χ3n) is 3.26. The number of aromatic carboxylic acids is 1. The molecule has 0 aliphatic rings. The fourth-order valence-electron chi connectivity index (χ4n) is 2.04. The molecule has 1 atom stereocenters. The normalized spacial score (nSPS) is 12.1. The average Bonchev–Trinajstić information content (AvgIpc) is 2.46. The van der Waals surface area contributed by atoms with Crippen LogP contribution in [0.4, 0.5) is 4.39 Å². The summed E-state index contributed by atoms with van der Waals surface area (Å²) < 4.78 is 13.7.